The molecule has 1 aromatic heterocycles. The molecule has 0 spiro atoms. The fourth-order valence-electron chi connectivity index (χ4n) is 1.68. The predicted molar refractivity (Wildman–Crippen MR) is 85.0 cm³/mol. The Morgan fingerprint density at radius 3 is 2.52 bits per heavy atom. The number of aromatic nitrogens is 1. The van der Waals surface area contributed by atoms with Crippen LogP contribution in [0.3, 0.4) is 0 Å². The van der Waals surface area contributed by atoms with Crippen molar-refractivity contribution >= 4 is 53.5 Å². The van der Waals surface area contributed by atoms with Crippen molar-refractivity contribution in [3.8, 4) is 0 Å². The number of carbonyl (C=O) groups is 1. The zero-order chi connectivity index (χ0) is 15.8. The lowest BCUT2D eigenvalue weighted by Crippen LogP contribution is -2.15. The van der Waals surface area contributed by atoms with E-state index in [1.807, 2.05) is 0 Å². The van der Waals surface area contributed by atoms with Gasteiger partial charge in [-0.1, -0.05) is 15.9 Å². The van der Waals surface area contributed by atoms with E-state index in [1.54, 1.807) is 23.9 Å². The Morgan fingerprint density at radius 2 is 2.00 bits per heavy atom. The van der Waals surface area contributed by atoms with Crippen molar-refractivity contribution in [2.24, 2.45) is 7.05 Å². The van der Waals surface area contributed by atoms with Crippen molar-refractivity contribution < 1.29 is 18.3 Å². The molecule has 1 aromatic carbocycles. The van der Waals surface area contributed by atoms with E-state index >= 15 is 0 Å². The van der Waals surface area contributed by atoms with E-state index in [4.69, 9.17) is 0 Å². The highest BCUT2D eigenvalue weighted by molar-refractivity contribution is 9.11. The van der Waals surface area contributed by atoms with Crippen LogP contribution in [0.1, 0.15) is 10.4 Å². The van der Waals surface area contributed by atoms with Crippen LogP contribution < -0.4 is 4.72 Å². The highest BCUT2D eigenvalue weighted by Crippen LogP contribution is 2.32. The molecule has 0 amide bonds. The number of hydrogen-bond acceptors (Lipinski definition) is 3. The van der Waals surface area contributed by atoms with E-state index < -0.39 is 16.0 Å². The number of nitrogens with one attached hydrogen (secondary N) is 1. The molecule has 0 aliphatic rings. The molecule has 2 N–H and O–H groups in total. The van der Waals surface area contributed by atoms with Crippen LogP contribution in [-0.4, -0.2) is 24.1 Å². The van der Waals surface area contributed by atoms with Crippen LogP contribution in [0, 0.1) is 0 Å². The summed E-state index contributed by atoms with van der Waals surface area (Å²) in [4.78, 5) is 11.3. The third kappa shape index (κ3) is 3.47. The van der Waals surface area contributed by atoms with Gasteiger partial charge in [-0.25, -0.2) is 13.2 Å². The molecule has 0 radical (unpaired) electrons. The lowest BCUT2D eigenvalue weighted by molar-refractivity contribution is 0.0698. The molecular formula is C12H10Br2N2O4S. The fraction of sp³-hybridized carbons (Fsp3) is 0.0833. The number of benzene rings is 1. The number of halogens is 2. The van der Waals surface area contributed by atoms with Gasteiger partial charge < -0.3 is 9.67 Å². The Balaban J connectivity index is 2.51. The van der Waals surface area contributed by atoms with Crippen molar-refractivity contribution in [1.82, 2.24) is 4.57 Å². The number of sulfonamides is 1. The number of carboxylic acid groups (broad SMARTS) is 1. The van der Waals surface area contributed by atoms with E-state index in [1.165, 1.54) is 18.3 Å². The van der Waals surface area contributed by atoms with Gasteiger partial charge in [0.05, 0.1) is 11.3 Å². The molecule has 21 heavy (non-hydrogen) atoms. The molecular weight excluding hydrogens is 428 g/mol. The molecule has 0 saturated carbocycles. The van der Waals surface area contributed by atoms with Gasteiger partial charge in [0, 0.05) is 28.4 Å². The van der Waals surface area contributed by atoms with Crippen molar-refractivity contribution in [2.75, 3.05) is 4.72 Å². The number of hydrogen-bond donors (Lipinski definition) is 2. The molecule has 0 saturated heterocycles. The zero-order valence-electron chi connectivity index (χ0n) is 10.7. The smallest absolute Gasteiger partial charge is 0.337 e. The van der Waals surface area contributed by atoms with E-state index in [0.29, 0.717) is 8.95 Å². The topological polar surface area (TPSA) is 88.4 Å². The summed E-state index contributed by atoms with van der Waals surface area (Å²) >= 11 is 6.34. The number of carboxylic acids is 1. The second-order valence-electron chi connectivity index (χ2n) is 4.23. The van der Waals surface area contributed by atoms with Crippen molar-refractivity contribution in [3.63, 3.8) is 0 Å². The van der Waals surface area contributed by atoms with E-state index in [-0.39, 0.29) is 16.1 Å². The number of nitrogens with zero attached hydrogens (tertiary/aromatic N) is 1. The summed E-state index contributed by atoms with van der Waals surface area (Å²) in [7, 11) is -2.17. The summed E-state index contributed by atoms with van der Waals surface area (Å²) in [5.74, 6) is -1.23. The summed E-state index contributed by atoms with van der Waals surface area (Å²) in [5.41, 5.74) is -0.176. The Hall–Kier alpha value is -1.32. The molecule has 9 heteroatoms. The fourth-order valence-corrected chi connectivity index (χ4v) is 4.28. The minimum Gasteiger partial charge on any atom is -0.478 e. The third-order valence-electron chi connectivity index (χ3n) is 2.64. The van der Waals surface area contributed by atoms with Gasteiger partial charge in [-0.15, -0.1) is 0 Å². The molecule has 0 aliphatic carbocycles. The molecule has 2 rings (SSSR count). The maximum Gasteiger partial charge on any atom is 0.337 e. The SMILES string of the molecule is Cn1ccc(S(=O)(=O)Nc2c(Br)cc(Br)cc2C(=O)O)c1. The Morgan fingerprint density at radius 1 is 1.33 bits per heavy atom. The summed E-state index contributed by atoms with van der Waals surface area (Å²) in [5, 5.41) is 9.21. The Bertz CT molecular complexity index is 815. The van der Waals surface area contributed by atoms with Crippen LogP contribution in [0.15, 0.2) is 44.4 Å². The predicted octanol–water partition coefficient (Wildman–Crippen LogP) is 3.05. The molecule has 0 fully saturated rings. The van der Waals surface area contributed by atoms with E-state index in [0.717, 1.165) is 0 Å². The molecule has 112 valence electrons. The zero-order valence-corrected chi connectivity index (χ0v) is 14.7. The average Bonchev–Trinajstić information content (AvgIpc) is 2.79. The van der Waals surface area contributed by atoms with Gasteiger partial charge >= 0.3 is 5.97 Å². The molecule has 0 unspecified atom stereocenters. The quantitative estimate of drug-likeness (QED) is 0.769. The van der Waals surface area contributed by atoms with Gasteiger partial charge in [0.1, 0.15) is 4.90 Å². The first-order valence-corrected chi connectivity index (χ1v) is 8.65. The van der Waals surface area contributed by atoms with Crippen LogP contribution in [0.5, 0.6) is 0 Å². The second kappa shape index (κ2) is 5.82. The van der Waals surface area contributed by atoms with Gasteiger partial charge in [-0.05, 0) is 34.1 Å². The minimum absolute atomic E-state index is 0.0189. The second-order valence-corrected chi connectivity index (χ2v) is 7.69. The van der Waals surface area contributed by atoms with Crippen molar-refractivity contribution in [2.45, 2.75) is 4.90 Å². The van der Waals surface area contributed by atoms with Crippen LogP contribution in [0.25, 0.3) is 0 Å². The van der Waals surface area contributed by atoms with Crippen LogP contribution in [0.2, 0.25) is 0 Å². The molecule has 0 bridgehead atoms. The minimum atomic E-state index is -3.86. The number of aromatic carboxylic acids is 1. The van der Waals surface area contributed by atoms with Crippen molar-refractivity contribution in [3.05, 3.63) is 45.1 Å². The number of aryl methyl sites for hydroxylation is 1. The first-order chi connectivity index (χ1) is 9.70. The standard InChI is InChI=1S/C12H10Br2N2O4S/c1-16-3-2-8(6-16)21(19,20)15-11-9(12(17)18)4-7(13)5-10(11)14/h2-6,15H,1H3,(H,17,18). The van der Waals surface area contributed by atoms with E-state index in [9.17, 15) is 18.3 Å². The summed E-state index contributed by atoms with van der Waals surface area (Å²) in [6.45, 7) is 0. The molecule has 1 heterocycles. The number of anilines is 1. The lowest BCUT2D eigenvalue weighted by atomic mass is 10.2. The van der Waals surface area contributed by atoms with Crippen LogP contribution >= 0.6 is 31.9 Å². The van der Waals surface area contributed by atoms with Gasteiger partial charge in [0.2, 0.25) is 0 Å². The van der Waals surface area contributed by atoms with Crippen LogP contribution in [0.4, 0.5) is 5.69 Å². The normalized spacial score (nSPS) is 11.4. The monoisotopic (exact) mass is 436 g/mol. The summed E-state index contributed by atoms with van der Waals surface area (Å²) in [6.07, 6.45) is 3.01. The largest absolute Gasteiger partial charge is 0.478 e. The van der Waals surface area contributed by atoms with Crippen molar-refractivity contribution in [1.29, 1.82) is 0 Å². The first kappa shape index (κ1) is 16.1. The van der Waals surface area contributed by atoms with Gasteiger partial charge in [-0.2, -0.15) is 0 Å². The third-order valence-corrected chi connectivity index (χ3v) is 5.06. The maximum atomic E-state index is 12.3. The highest BCUT2D eigenvalue weighted by atomic mass is 79.9. The molecule has 2 aromatic rings. The van der Waals surface area contributed by atoms with Gasteiger partial charge in [-0.3, -0.25) is 4.72 Å². The molecule has 0 aliphatic heterocycles. The first-order valence-electron chi connectivity index (χ1n) is 5.58. The number of rotatable bonds is 4. The van der Waals surface area contributed by atoms with Gasteiger partial charge in [0.25, 0.3) is 10.0 Å². The summed E-state index contributed by atoms with van der Waals surface area (Å²) in [6, 6.07) is 4.32. The maximum absolute atomic E-state index is 12.3. The van der Waals surface area contributed by atoms with Crippen LogP contribution in [-0.2, 0) is 17.1 Å². The summed E-state index contributed by atoms with van der Waals surface area (Å²) < 4.78 is 29.3. The Kier molecular flexibility index (Phi) is 4.45. The average molecular weight is 438 g/mol. The highest BCUT2D eigenvalue weighted by Gasteiger charge is 2.22. The molecule has 6 nitrogen and oxygen atoms in total. The lowest BCUT2D eigenvalue weighted by Gasteiger charge is -2.12. The molecule has 0 atom stereocenters. The Labute approximate surface area is 138 Å². The van der Waals surface area contributed by atoms with E-state index in [2.05, 4.69) is 36.6 Å². The van der Waals surface area contributed by atoms with Gasteiger partial charge in [0.15, 0.2) is 0 Å².